The van der Waals surface area contributed by atoms with Crippen LogP contribution in [0.4, 0.5) is 0 Å². The van der Waals surface area contributed by atoms with Crippen LogP contribution in [0.3, 0.4) is 0 Å². The van der Waals surface area contributed by atoms with Crippen LogP contribution in [-0.2, 0) is 6.42 Å². The minimum absolute atomic E-state index is 0. The third kappa shape index (κ3) is 5.20. The topological polar surface area (TPSA) is 42.2 Å². The molecule has 0 amide bonds. The van der Waals surface area contributed by atoms with Crippen molar-refractivity contribution in [3.63, 3.8) is 0 Å². The van der Waals surface area contributed by atoms with Gasteiger partial charge in [0.1, 0.15) is 0 Å². The summed E-state index contributed by atoms with van der Waals surface area (Å²) >= 11 is 1.78. The second-order valence-corrected chi connectivity index (χ2v) is 6.11. The monoisotopic (exact) mass is 325 g/mol. The molecular formula is C13H25Cl2N3S. The predicted molar refractivity (Wildman–Crippen MR) is 87.9 cm³/mol. The van der Waals surface area contributed by atoms with Gasteiger partial charge in [-0.25, -0.2) is 4.98 Å². The molecule has 2 rings (SSSR count). The molecule has 0 radical (unpaired) electrons. The Kier molecular flexibility index (Phi) is 9.20. The van der Waals surface area contributed by atoms with Gasteiger partial charge in [0, 0.05) is 24.0 Å². The molecule has 1 aliphatic rings. The van der Waals surface area contributed by atoms with Crippen molar-refractivity contribution in [2.75, 3.05) is 19.6 Å². The molecule has 0 aromatic carbocycles. The van der Waals surface area contributed by atoms with Gasteiger partial charge in [-0.2, -0.15) is 0 Å². The van der Waals surface area contributed by atoms with Crippen LogP contribution in [0, 0.1) is 12.8 Å². The van der Waals surface area contributed by atoms with Crippen molar-refractivity contribution in [3.05, 3.63) is 16.1 Å². The summed E-state index contributed by atoms with van der Waals surface area (Å²) in [5, 5.41) is 0. The van der Waals surface area contributed by atoms with Crippen molar-refractivity contribution in [1.82, 2.24) is 9.88 Å². The van der Waals surface area contributed by atoms with E-state index < -0.39 is 0 Å². The van der Waals surface area contributed by atoms with Gasteiger partial charge in [0.25, 0.3) is 0 Å². The Morgan fingerprint density at radius 2 is 2.21 bits per heavy atom. The zero-order valence-electron chi connectivity index (χ0n) is 11.7. The van der Waals surface area contributed by atoms with E-state index in [-0.39, 0.29) is 24.8 Å². The van der Waals surface area contributed by atoms with E-state index in [9.17, 15) is 0 Å². The van der Waals surface area contributed by atoms with E-state index in [0.717, 1.165) is 25.4 Å². The lowest BCUT2D eigenvalue weighted by molar-refractivity contribution is 0.124. The van der Waals surface area contributed by atoms with Gasteiger partial charge in [-0.05, 0) is 38.6 Å². The molecule has 1 aromatic rings. The summed E-state index contributed by atoms with van der Waals surface area (Å²) in [6, 6.07) is 0.590. The first-order valence-corrected chi connectivity index (χ1v) is 7.41. The average molecular weight is 326 g/mol. The molecule has 2 atom stereocenters. The molecule has 0 bridgehead atoms. The van der Waals surface area contributed by atoms with Gasteiger partial charge in [-0.1, -0.05) is 6.92 Å². The Morgan fingerprint density at radius 1 is 1.47 bits per heavy atom. The number of thiazole rings is 1. The van der Waals surface area contributed by atoms with Gasteiger partial charge in [0.15, 0.2) is 0 Å². The van der Waals surface area contributed by atoms with Gasteiger partial charge in [0.05, 0.1) is 11.2 Å². The predicted octanol–water partition coefficient (Wildman–Crippen LogP) is 2.90. The number of hydrogen-bond donors (Lipinski definition) is 1. The third-order valence-corrected chi connectivity index (χ3v) is 4.84. The highest BCUT2D eigenvalue weighted by Crippen LogP contribution is 2.22. The molecule has 0 spiro atoms. The molecule has 2 unspecified atom stereocenters. The standard InChI is InChI=1S/C13H23N3S.2ClH/c1-10-3-5-16(12(7-10)8-14)6-4-13-11(2)15-9-17-13;;/h9-10,12H,3-8,14H2,1-2H3;2*1H. The van der Waals surface area contributed by atoms with Crippen LogP contribution in [0.2, 0.25) is 0 Å². The van der Waals surface area contributed by atoms with E-state index in [2.05, 4.69) is 23.7 Å². The van der Waals surface area contributed by atoms with E-state index in [1.807, 2.05) is 5.51 Å². The lowest BCUT2D eigenvalue weighted by Crippen LogP contribution is -2.46. The Hall–Kier alpha value is 0.130. The van der Waals surface area contributed by atoms with Crippen LogP contribution >= 0.6 is 36.2 Å². The molecule has 0 aliphatic carbocycles. The van der Waals surface area contributed by atoms with Crippen molar-refractivity contribution >= 4 is 36.2 Å². The molecule has 3 nitrogen and oxygen atoms in total. The van der Waals surface area contributed by atoms with Crippen molar-refractivity contribution in [1.29, 1.82) is 0 Å². The van der Waals surface area contributed by atoms with Crippen molar-refractivity contribution in [3.8, 4) is 0 Å². The number of rotatable bonds is 4. The van der Waals surface area contributed by atoms with E-state index in [1.54, 1.807) is 11.3 Å². The molecule has 1 fully saturated rings. The number of aromatic nitrogens is 1. The summed E-state index contributed by atoms with van der Waals surface area (Å²) in [7, 11) is 0. The van der Waals surface area contributed by atoms with Crippen molar-refractivity contribution < 1.29 is 0 Å². The molecule has 19 heavy (non-hydrogen) atoms. The minimum Gasteiger partial charge on any atom is -0.329 e. The van der Waals surface area contributed by atoms with Gasteiger partial charge >= 0.3 is 0 Å². The van der Waals surface area contributed by atoms with Crippen LogP contribution < -0.4 is 5.73 Å². The molecule has 0 saturated carbocycles. The first-order chi connectivity index (χ1) is 8.20. The highest BCUT2D eigenvalue weighted by molar-refractivity contribution is 7.09. The molecular weight excluding hydrogens is 301 g/mol. The maximum Gasteiger partial charge on any atom is 0.0797 e. The van der Waals surface area contributed by atoms with E-state index >= 15 is 0 Å². The summed E-state index contributed by atoms with van der Waals surface area (Å²) in [5.74, 6) is 0.838. The number of piperidine rings is 1. The van der Waals surface area contributed by atoms with E-state index in [0.29, 0.717) is 6.04 Å². The first kappa shape index (κ1) is 19.1. The third-order valence-electron chi connectivity index (χ3n) is 3.84. The van der Waals surface area contributed by atoms with E-state index in [1.165, 1.54) is 30.0 Å². The Bertz CT molecular complexity index is 359. The molecule has 1 aromatic heterocycles. The molecule has 2 N–H and O–H groups in total. The summed E-state index contributed by atoms with van der Waals surface area (Å²) in [5.41, 5.74) is 9.03. The second-order valence-electron chi connectivity index (χ2n) is 5.17. The fourth-order valence-electron chi connectivity index (χ4n) is 2.65. The van der Waals surface area contributed by atoms with Crippen LogP contribution in [0.1, 0.15) is 30.3 Å². The Labute approximate surface area is 132 Å². The van der Waals surface area contributed by atoms with Gasteiger partial charge in [-0.3, -0.25) is 4.90 Å². The molecule has 112 valence electrons. The highest BCUT2D eigenvalue weighted by atomic mass is 35.5. The zero-order chi connectivity index (χ0) is 12.3. The summed E-state index contributed by atoms with van der Waals surface area (Å²) in [6.07, 6.45) is 3.71. The lowest BCUT2D eigenvalue weighted by Gasteiger charge is -2.37. The molecule has 1 saturated heterocycles. The van der Waals surface area contributed by atoms with Crippen LogP contribution in [0.5, 0.6) is 0 Å². The molecule has 6 heteroatoms. The molecule has 2 heterocycles. The Balaban J connectivity index is 0.00000162. The minimum atomic E-state index is 0. The summed E-state index contributed by atoms with van der Waals surface area (Å²) in [6.45, 7) is 7.59. The number of likely N-dealkylation sites (tertiary alicyclic amines) is 1. The van der Waals surface area contributed by atoms with Crippen LogP contribution in [0.25, 0.3) is 0 Å². The van der Waals surface area contributed by atoms with E-state index in [4.69, 9.17) is 5.73 Å². The van der Waals surface area contributed by atoms with Gasteiger partial charge in [-0.15, -0.1) is 36.2 Å². The number of nitrogens with two attached hydrogens (primary N) is 1. The SMILES string of the molecule is Cc1ncsc1CCN1CCC(C)CC1CN.Cl.Cl. The van der Waals surface area contributed by atoms with Crippen LogP contribution in [-0.4, -0.2) is 35.6 Å². The number of nitrogens with zero attached hydrogens (tertiary/aromatic N) is 2. The second kappa shape index (κ2) is 9.14. The normalized spacial score (nSPS) is 23.5. The van der Waals surface area contributed by atoms with Crippen molar-refractivity contribution in [2.24, 2.45) is 11.7 Å². The Morgan fingerprint density at radius 3 is 2.79 bits per heavy atom. The van der Waals surface area contributed by atoms with Crippen molar-refractivity contribution in [2.45, 2.75) is 39.2 Å². The maximum atomic E-state index is 5.88. The fourth-order valence-corrected chi connectivity index (χ4v) is 3.42. The summed E-state index contributed by atoms with van der Waals surface area (Å²) < 4.78 is 0. The van der Waals surface area contributed by atoms with Gasteiger partial charge in [0.2, 0.25) is 0 Å². The smallest absolute Gasteiger partial charge is 0.0797 e. The quantitative estimate of drug-likeness (QED) is 0.925. The number of halogens is 2. The maximum absolute atomic E-state index is 5.88. The number of hydrogen-bond acceptors (Lipinski definition) is 4. The summed E-state index contributed by atoms with van der Waals surface area (Å²) in [4.78, 5) is 8.31. The molecule has 1 aliphatic heterocycles. The lowest BCUT2D eigenvalue weighted by atomic mass is 9.92. The van der Waals surface area contributed by atoms with Gasteiger partial charge < -0.3 is 5.73 Å². The fraction of sp³-hybridized carbons (Fsp3) is 0.769. The zero-order valence-corrected chi connectivity index (χ0v) is 14.1. The van der Waals surface area contributed by atoms with Crippen LogP contribution in [0.15, 0.2) is 5.51 Å². The largest absolute Gasteiger partial charge is 0.329 e. The highest BCUT2D eigenvalue weighted by Gasteiger charge is 2.24. The average Bonchev–Trinajstić information content (AvgIpc) is 2.73. The first-order valence-electron chi connectivity index (χ1n) is 6.53. The number of aryl methyl sites for hydroxylation is 1.